The van der Waals surface area contributed by atoms with E-state index in [1.165, 1.54) is 24.0 Å². The third kappa shape index (κ3) is 3.95. The third-order valence-corrected chi connectivity index (χ3v) is 4.83. The number of aryl methyl sites for hydroxylation is 1. The Kier molecular flexibility index (Phi) is 5.35. The number of fused-ring (bicyclic) bond motifs is 1. The van der Waals surface area contributed by atoms with Gasteiger partial charge in [-0.15, -0.1) is 0 Å². The summed E-state index contributed by atoms with van der Waals surface area (Å²) in [5, 5.41) is 4.27. The first-order valence-electron chi connectivity index (χ1n) is 9.51. The van der Waals surface area contributed by atoms with Gasteiger partial charge in [0, 0.05) is 31.9 Å². The second-order valence-corrected chi connectivity index (χ2v) is 6.87. The molecule has 3 aromatic heterocycles. The average Bonchev–Trinajstić information content (AvgIpc) is 3.43. The van der Waals surface area contributed by atoms with E-state index in [-0.39, 0.29) is 24.3 Å². The first-order chi connectivity index (χ1) is 15.0. The molecule has 0 saturated heterocycles. The van der Waals surface area contributed by atoms with Crippen LogP contribution in [0.1, 0.15) is 5.56 Å². The number of ether oxygens (including phenoxy) is 1. The molecule has 0 fully saturated rings. The minimum Gasteiger partial charge on any atom is -0.461 e. The summed E-state index contributed by atoms with van der Waals surface area (Å²) in [4.78, 5) is 40.6. The van der Waals surface area contributed by atoms with Crippen molar-refractivity contribution in [3.05, 3.63) is 81.5 Å². The lowest BCUT2D eigenvalue weighted by atomic mass is 10.3. The largest absolute Gasteiger partial charge is 0.461 e. The number of aromatic nitrogens is 6. The fourth-order valence-electron chi connectivity index (χ4n) is 3.17. The molecule has 0 bridgehead atoms. The van der Waals surface area contributed by atoms with Crippen LogP contribution in [0.15, 0.2) is 64.7 Å². The summed E-state index contributed by atoms with van der Waals surface area (Å²) in [7, 11) is 2.96. The SMILES string of the molecule is Cn1c(=O)c2c(ncn2CCOC(=O)/C=C/c2cnn(-c3ccccc3)c2)n(C)c1=O. The minimum absolute atomic E-state index is 0.0455. The highest BCUT2D eigenvalue weighted by Gasteiger charge is 2.14. The topological polar surface area (TPSA) is 106 Å². The number of imidazole rings is 1. The summed E-state index contributed by atoms with van der Waals surface area (Å²) in [5.41, 5.74) is 1.35. The molecule has 0 spiro atoms. The minimum atomic E-state index is -0.516. The van der Waals surface area contributed by atoms with E-state index >= 15 is 0 Å². The Hall–Kier alpha value is -4.21. The average molecular weight is 420 g/mol. The van der Waals surface area contributed by atoms with Crippen molar-refractivity contribution in [1.29, 1.82) is 0 Å². The van der Waals surface area contributed by atoms with Gasteiger partial charge in [0.05, 0.1) is 24.8 Å². The summed E-state index contributed by atoms with van der Waals surface area (Å²) < 4.78 is 10.8. The Bertz CT molecular complexity index is 1390. The van der Waals surface area contributed by atoms with Gasteiger partial charge in [0.15, 0.2) is 11.2 Å². The molecule has 158 valence electrons. The number of carbonyl (C=O) groups excluding carboxylic acids is 1. The molecule has 31 heavy (non-hydrogen) atoms. The zero-order chi connectivity index (χ0) is 22.0. The van der Waals surface area contributed by atoms with Gasteiger partial charge in [-0.2, -0.15) is 5.10 Å². The zero-order valence-electron chi connectivity index (χ0n) is 17.0. The fourth-order valence-corrected chi connectivity index (χ4v) is 3.17. The van der Waals surface area contributed by atoms with Gasteiger partial charge in [0.1, 0.15) is 6.61 Å². The zero-order valence-corrected chi connectivity index (χ0v) is 17.0. The van der Waals surface area contributed by atoms with E-state index < -0.39 is 17.2 Å². The highest BCUT2D eigenvalue weighted by atomic mass is 16.5. The molecule has 0 aliphatic carbocycles. The van der Waals surface area contributed by atoms with Crippen molar-refractivity contribution >= 4 is 23.2 Å². The summed E-state index contributed by atoms with van der Waals surface area (Å²) in [6.07, 6.45) is 7.84. The van der Waals surface area contributed by atoms with Gasteiger partial charge in [-0.3, -0.25) is 13.9 Å². The lowest BCUT2D eigenvalue weighted by Crippen LogP contribution is -2.37. The Labute approximate surface area is 176 Å². The summed E-state index contributed by atoms with van der Waals surface area (Å²) in [6.45, 7) is 0.277. The maximum atomic E-state index is 12.4. The number of hydrogen-bond acceptors (Lipinski definition) is 6. The van der Waals surface area contributed by atoms with Crippen LogP contribution < -0.4 is 11.2 Å². The number of esters is 1. The van der Waals surface area contributed by atoms with Gasteiger partial charge in [-0.1, -0.05) is 18.2 Å². The molecule has 1 aromatic carbocycles. The van der Waals surface area contributed by atoms with Crippen molar-refractivity contribution in [2.75, 3.05) is 6.61 Å². The quantitative estimate of drug-likeness (QED) is 0.339. The standard InChI is InChI=1S/C21H20N6O4/c1-24-19-18(20(29)25(2)21(24)30)26(14-22-19)10-11-31-17(28)9-8-15-12-23-27(13-15)16-6-4-3-5-7-16/h3-9,12-14H,10-11H2,1-2H3/b9-8+. The van der Waals surface area contributed by atoms with E-state index in [0.717, 1.165) is 15.8 Å². The Morgan fingerprint density at radius 3 is 2.68 bits per heavy atom. The van der Waals surface area contributed by atoms with Crippen LogP contribution in [0.4, 0.5) is 0 Å². The van der Waals surface area contributed by atoms with E-state index in [9.17, 15) is 14.4 Å². The Morgan fingerprint density at radius 2 is 1.90 bits per heavy atom. The second-order valence-electron chi connectivity index (χ2n) is 6.87. The van der Waals surface area contributed by atoms with Crippen LogP contribution in [-0.2, 0) is 30.2 Å². The van der Waals surface area contributed by atoms with Gasteiger partial charge in [-0.25, -0.2) is 19.3 Å². The number of rotatable bonds is 6. The maximum Gasteiger partial charge on any atom is 0.332 e. The molecular formula is C21H20N6O4. The molecule has 4 aromatic rings. The molecule has 0 amide bonds. The van der Waals surface area contributed by atoms with Crippen LogP contribution in [-0.4, -0.2) is 41.0 Å². The monoisotopic (exact) mass is 420 g/mol. The molecule has 0 aliphatic rings. The Morgan fingerprint density at radius 1 is 1.13 bits per heavy atom. The summed E-state index contributed by atoms with van der Waals surface area (Å²) in [5.74, 6) is -0.516. The molecule has 3 heterocycles. The van der Waals surface area contributed by atoms with Gasteiger partial charge in [0.2, 0.25) is 0 Å². The summed E-state index contributed by atoms with van der Waals surface area (Å²) >= 11 is 0. The second kappa shape index (κ2) is 8.27. The predicted octanol–water partition coefficient (Wildman–Crippen LogP) is 0.876. The van der Waals surface area contributed by atoms with E-state index in [2.05, 4.69) is 10.1 Å². The molecule has 10 nitrogen and oxygen atoms in total. The number of para-hydroxylation sites is 1. The predicted molar refractivity (Wildman–Crippen MR) is 114 cm³/mol. The van der Waals surface area contributed by atoms with Gasteiger partial charge < -0.3 is 9.30 Å². The fraction of sp³-hybridized carbons (Fsp3) is 0.190. The van der Waals surface area contributed by atoms with Crippen LogP contribution in [0.25, 0.3) is 22.9 Å². The number of benzene rings is 1. The van der Waals surface area contributed by atoms with E-state index in [0.29, 0.717) is 0 Å². The number of hydrogen-bond donors (Lipinski definition) is 0. The first-order valence-corrected chi connectivity index (χ1v) is 9.51. The smallest absolute Gasteiger partial charge is 0.332 e. The maximum absolute atomic E-state index is 12.4. The molecule has 0 atom stereocenters. The van der Waals surface area contributed by atoms with Crippen molar-refractivity contribution < 1.29 is 9.53 Å². The molecule has 0 radical (unpaired) electrons. The van der Waals surface area contributed by atoms with Crippen molar-refractivity contribution in [2.45, 2.75) is 6.54 Å². The molecule has 0 aliphatic heterocycles. The Balaban J connectivity index is 1.39. The molecule has 10 heteroatoms. The lowest BCUT2D eigenvalue weighted by molar-refractivity contribution is -0.137. The van der Waals surface area contributed by atoms with Crippen molar-refractivity contribution in [3.63, 3.8) is 0 Å². The van der Waals surface area contributed by atoms with Crippen molar-refractivity contribution in [2.24, 2.45) is 14.1 Å². The molecule has 0 saturated carbocycles. The summed E-state index contributed by atoms with van der Waals surface area (Å²) in [6, 6.07) is 9.63. The number of nitrogens with zero attached hydrogens (tertiary/aromatic N) is 6. The van der Waals surface area contributed by atoms with Gasteiger partial charge >= 0.3 is 11.7 Å². The van der Waals surface area contributed by atoms with E-state index in [1.807, 2.05) is 30.3 Å². The highest BCUT2D eigenvalue weighted by molar-refractivity contribution is 5.86. The van der Waals surface area contributed by atoms with Crippen LogP contribution in [0.5, 0.6) is 0 Å². The van der Waals surface area contributed by atoms with Crippen LogP contribution in [0.2, 0.25) is 0 Å². The normalized spacial score (nSPS) is 11.4. The lowest BCUT2D eigenvalue weighted by Gasteiger charge is -2.06. The van der Waals surface area contributed by atoms with Gasteiger partial charge in [-0.05, 0) is 18.2 Å². The molecule has 0 N–H and O–H groups in total. The third-order valence-electron chi connectivity index (χ3n) is 4.83. The molecule has 4 rings (SSSR count). The van der Waals surface area contributed by atoms with Crippen LogP contribution >= 0.6 is 0 Å². The van der Waals surface area contributed by atoms with E-state index in [1.54, 1.807) is 34.8 Å². The molecule has 0 unspecified atom stereocenters. The number of carbonyl (C=O) groups is 1. The van der Waals surface area contributed by atoms with Crippen LogP contribution in [0.3, 0.4) is 0 Å². The van der Waals surface area contributed by atoms with Crippen molar-refractivity contribution in [1.82, 2.24) is 28.5 Å². The van der Waals surface area contributed by atoms with E-state index in [4.69, 9.17) is 4.74 Å². The van der Waals surface area contributed by atoms with Gasteiger partial charge in [0.25, 0.3) is 5.56 Å². The first kappa shape index (κ1) is 20.1. The van der Waals surface area contributed by atoms with Crippen molar-refractivity contribution in [3.8, 4) is 5.69 Å². The molecular weight excluding hydrogens is 400 g/mol. The highest BCUT2D eigenvalue weighted by Crippen LogP contribution is 2.09. The van der Waals surface area contributed by atoms with Crippen LogP contribution in [0, 0.1) is 0 Å².